The molecule has 0 aliphatic rings. The van der Waals surface area contributed by atoms with Crippen LogP contribution in [0.25, 0.3) is 0 Å². The Bertz CT molecular complexity index is 1020. The second kappa shape index (κ2) is 8.17. The molecule has 1 amide bonds. The maximum atomic E-state index is 12.3. The number of nitrogens with zero attached hydrogens (tertiary/aromatic N) is 3. The summed E-state index contributed by atoms with van der Waals surface area (Å²) in [4.78, 5) is 20.6. The molecule has 134 valence electrons. The number of carbonyl (C=O) groups excluding carboxylic acids is 1. The molecule has 2 N–H and O–H groups in total. The van der Waals surface area contributed by atoms with Crippen molar-refractivity contribution in [3.63, 3.8) is 0 Å². The number of anilines is 3. The minimum atomic E-state index is -0.412. The molecule has 27 heavy (non-hydrogen) atoms. The molecule has 3 rings (SSSR count). The van der Waals surface area contributed by atoms with Gasteiger partial charge in [0.1, 0.15) is 11.8 Å². The highest BCUT2D eigenvalue weighted by Gasteiger charge is 2.11. The fourth-order valence-electron chi connectivity index (χ4n) is 2.29. The van der Waals surface area contributed by atoms with Gasteiger partial charge in [-0.3, -0.25) is 4.79 Å². The molecule has 2 aromatic carbocycles. The Kier molecular flexibility index (Phi) is 5.50. The number of carbonyl (C=O) groups is 1. The van der Waals surface area contributed by atoms with E-state index >= 15 is 0 Å². The molecule has 0 atom stereocenters. The quantitative estimate of drug-likeness (QED) is 0.694. The van der Waals surface area contributed by atoms with Gasteiger partial charge in [-0.1, -0.05) is 23.7 Å². The number of methoxy groups -OCH3 is 1. The van der Waals surface area contributed by atoms with Gasteiger partial charge in [0.25, 0.3) is 5.91 Å². The van der Waals surface area contributed by atoms with E-state index in [1.807, 2.05) is 6.07 Å². The molecule has 0 aliphatic heterocycles. The van der Waals surface area contributed by atoms with E-state index < -0.39 is 5.91 Å². The summed E-state index contributed by atoms with van der Waals surface area (Å²) >= 11 is 6.00. The number of nitrogens with one attached hydrogen (secondary N) is 2. The van der Waals surface area contributed by atoms with Crippen molar-refractivity contribution in [1.82, 2.24) is 9.97 Å². The van der Waals surface area contributed by atoms with E-state index in [-0.39, 0.29) is 11.5 Å². The van der Waals surface area contributed by atoms with Gasteiger partial charge >= 0.3 is 0 Å². The third kappa shape index (κ3) is 4.32. The number of hydrogen-bond acceptors (Lipinski definition) is 6. The van der Waals surface area contributed by atoms with Crippen LogP contribution in [0, 0.1) is 11.3 Å². The first kappa shape index (κ1) is 18.2. The van der Waals surface area contributed by atoms with Crippen molar-refractivity contribution in [3.8, 4) is 11.8 Å². The first-order valence-electron chi connectivity index (χ1n) is 7.84. The molecule has 0 bridgehead atoms. The smallest absolute Gasteiger partial charge is 0.258 e. The Balaban J connectivity index is 1.75. The molecule has 3 aromatic rings. The van der Waals surface area contributed by atoms with Gasteiger partial charge in [-0.05, 0) is 30.3 Å². The molecule has 1 aromatic heterocycles. The van der Waals surface area contributed by atoms with Crippen LogP contribution in [0.2, 0.25) is 5.02 Å². The first-order valence-corrected chi connectivity index (χ1v) is 8.21. The predicted octanol–water partition coefficient (Wildman–Crippen LogP) is 4.01. The van der Waals surface area contributed by atoms with Gasteiger partial charge in [-0.25, -0.2) is 9.97 Å². The number of aromatic nitrogens is 2. The first-order chi connectivity index (χ1) is 13.1. The van der Waals surface area contributed by atoms with Gasteiger partial charge < -0.3 is 15.4 Å². The highest BCUT2D eigenvalue weighted by molar-refractivity contribution is 6.31. The molecule has 0 saturated heterocycles. The van der Waals surface area contributed by atoms with Crippen LogP contribution in [0.5, 0.6) is 5.75 Å². The number of ether oxygens (including phenoxy) is 1. The average Bonchev–Trinajstić information content (AvgIpc) is 2.69. The van der Waals surface area contributed by atoms with Crippen LogP contribution in [0.4, 0.5) is 17.3 Å². The predicted molar refractivity (Wildman–Crippen MR) is 102 cm³/mol. The van der Waals surface area contributed by atoms with Crippen LogP contribution in [0.3, 0.4) is 0 Å². The molecular weight excluding hydrogens is 366 g/mol. The SMILES string of the molecule is COc1ccc(Cl)cc1Nc1ncc(C(=O)Nc2ccccc2C#N)cn1. The topological polar surface area (TPSA) is 99.9 Å². The molecule has 0 fully saturated rings. The normalized spacial score (nSPS) is 9.96. The van der Waals surface area contributed by atoms with E-state index in [1.165, 1.54) is 12.4 Å². The lowest BCUT2D eigenvalue weighted by Crippen LogP contribution is -2.14. The lowest BCUT2D eigenvalue weighted by Gasteiger charge is -2.10. The summed E-state index contributed by atoms with van der Waals surface area (Å²) in [6.07, 6.45) is 2.77. The fourth-order valence-corrected chi connectivity index (χ4v) is 2.46. The fraction of sp³-hybridized carbons (Fsp3) is 0.0526. The van der Waals surface area contributed by atoms with Gasteiger partial charge in [0.2, 0.25) is 5.95 Å². The Morgan fingerprint density at radius 2 is 1.89 bits per heavy atom. The Morgan fingerprint density at radius 1 is 1.15 bits per heavy atom. The average molecular weight is 380 g/mol. The molecular formula is C19H14ClN5O2. The van der Waals surface area contributed by atoms with Crippen molar-refractivity contribution in [2.24, 2.45) is 0 Å². The molecule has 0 aliphatic carbocycles. The largest absolute Gasteiger partial charge is 0.495 e. The lowest BCUT2D eigenvalue weighted by molar-refractivity contribution is 0.102. The number of rotatable bonds is 5. The zero-order valence-corrected chi connectivity index (χ0v) is 15.0. The van der Waals surface area contributed by atoms with Gasteiger partial charge in [0, 0.05) is 17.4 Å². The third-order valence-corrected chi connectivity index (χ3v) is 3.85. The lowest BCUT2D eigenvalue weighted by atomic mass is 10.2. The molecule has 1 heterocycles. The number of hydrogen-bond donors (Lipinski definition) is 2. The summed E-state index contributed by atoms with van der Waals surface area (Å²) < 4.78 is 5.26. The van der Waals surface area contributed by atoms with E-state index in [1.54, 1.807) is 49.6 Å². The maximum absolute atomic E-state index is 12.3. The van der Waals surface area contributed by atoms with E-state index in [9.17, 15) is 4.79 Å². The van der Waals surface area contributed by atoms with Gasteiger partial charge in [0.05, 0.1) is 29.6 Å². The van der Waals surface area contributed by atoms with Crippen molar-refractivity contribution < 1.29 is 9.53 Å². The minimum absolute atomic E-state index is 0.256. The Morgan fingerprint density at radius 3 is 2.59 bits per heavy atom. The molecule has 7 nitrogen and oxygen atoms in total. The Labute approximate surface area is 160 Å². The summed E-state index contributed by atoms with van der Waals surface area (Å²) in [7, 11) is 1.54. The molecule has 0 radical (unpaired) electrons. The Hall–Kier alpha value is -3.63. The van der Waals surface area contributed by atoms with Crippen LogP contribution < -0.4 is 15.4 Å². The van der Waals surface area contributed by atoms with Gasteiger partial charge in [-0.15, -0.1) is 0 Å². The van der Waals surface area contributed by atoms with Gasteiger partial charge in [-0.2, -0.15) is 5.26 Å². The minimum Gasteiger partial charge on any atom is -0.495 e. The van der Waals surface area contributed by atoms with Gasteiger partial charge in [0.15, 0.2) is 0 Å². The van der Waals surface area contributed by atoms with Crippen molar-refractivity contribution in [2.75, 3.05) is 17.7 Å². The number of amides is 1. The maximum Gasteiger partial charge on any atom is 0.258 e. The van der Waals surface area contributed by atoms with Crippen LogP contribution in [-0.4, -0.2) is 23.0 Å². The van der Waals surface area contributed by atoms with E-state index in [0.717, 1.165) is 0 Å². The molecule has 0 saturated carbocycles. The van der Waals surface area contributed by atoms with Crippen molar-refractivity contribution in [2.45, 2.75) is 0 Å². The number of para-hydroxylation sites is 1. The van der Waals surface area contributed by atoms with E-state index in [2.05, 4.69) is 20.6 Å². The second-order valence-electron chi connectivity index (χ2n) is 5.38. The molecule has 8 heteroatoms. The summed E-state index contributed by atoms with van der Waals surface area (Å²) in [5.41, 5.74) is 1.66. The zero-order valence-electron chi connectivity index (χ0n) is 14.2. The summed E-state index contributed by atoms with van der Waals surface area (Å²) in [5, 5.41) is 15.3. The summed E-state index contributed by atoms with van der Waals surface area (Å²) in [6, 6.07) is 13.9. The van der Waals surface area contributed by atoms with Crippen LogP contribution in [0.15, 0.2) is 54.9 Å². The highest BCUT2D eigenvalue weighted by Crippen LogP contribution is 2.29. The second-order valence-corrected chi connectivity index (χ2v) is 5.81. The third-order valence-electron chi connectivity index (χ3n) is 3.62. The molecule has 0 unspecified atom stereocenters. The number of nitriles is 1. The van der Waals surface area contributed by atoms with Crippen molar-refractivity contribution in [1.29, 1.82) is 5.26 Å². The van der Waals surface area contributed by atoms with E-state index in [4.69, 9.17) is 21.6 Å². The molecule has 0 spiro atoms. The van der Waals surface area contributed by atoms with Crippen LogP contribution in [-0.2, 0) is 0 Å². The number of halogens is 1. The summed E-state index contributed by atoms with van der Waals surface area (Å²) in [6.45, 7) is 0. The van der Waals surface area contributed by atoms with E-state index in [0.29, 0.717) is 27.7 Å². The monoisotopic (exact) mass is 379 g/mol. The standard InChI is InChI=1S/C19H14ClN5O2/c1-27-17-7-6-14(20)8-16(17)25-19-22-10-13(11-23-19)18(26)24-15-5-3-2-4-12(15)9-21/h2-8,10-11H,1H3,(H,24,26)(H,22,23,25). The van der Waals surface area contributed by atoms with Crippen molar-refractivity contribution >= 4 is 34.8 Å². The highest BCUT2D eigenvalue weighted by atomic mass is 35.5. The zero-order chi connectivity index (χ0) is 19.2. The van der Waals surface area contributed by atoms with Crippen LogP contribution >= 0.6 is 11.6 Å². The van der Waals surface area contributed by atoms with Crippen LogP contribution in [0.1, 0.15) is 15.9 Å². The summed E-state index contributed by atoms with van der Waals surface area (Å²) in [5.74, 6) is 0.451. The van der Waals surface area contributed by atoms with Crippen molar-refractivity contribution in [3.05, 3.63) is 71.0 Å². The number of benzene rings is 2.